The van der Waals surface area contributed by atoms with Crippen molar-refractivity contribution in [1.82, 2.24) is 10.2 Å². The maximum absolute atomic E-state index is 3.35. The predicted octanol–water partition coefficient (Wildman–Crippen LogP) is 0.786. The van der Waals surface area contributed by atoms with Gasteiger partial charge in [0.05, 0.1) is 0 Å². The lowest BCUT2D eigenvalue weighted by molar-refractivity contribution is 0.0587. The van der Waals surface area contributed by atoms with E-state index in [2.05, 4.69) is 35.8 Å². The zero-order valence-electron chi connectivity index (χ0n) is 7.97. The molecule has 0 aromatic heterocycles. The van der Waals surface area contributed by atoms with E-state index in [1.54, 1.807) is 0 Å². The van der Waals surface area contributed by atoms with Crippen LogP contribution >= 0.6 is 11.8 Å². The summed E-state index contributed by atoms with van der Waals surface area (Å²) in [6.45, 7) is 8.43. The summed E-state index contributed by atoms with van der Waals surface area (Å²) in [5.74, 6) is 2.61. The third-order valence-electron chi connectivity index (χ3n) is 2.91. The van der Waals surface area contributed by atoms with Crippen LogP contribution in [-0.2, 0) is 0 Å². The molecule has 0 bridgehead atoms. The van der Waals surface area contributed by atoms with E-state index in [1.165, 1.54) is 31.1 Å². The van der Waals surface area contributed by atoms with Crippen molar-refractivity contribution >= 4 is 11.8 Å². The molecule has 2 fully saturated rings. The predicted molar refractivity (Wildman–Crippen MR) is 54.8 cm³/mol. The van der Waals surface area contributed by atoms with Crippen molar-refractivity contribution in [3.05, 3.63) is 0 Å². The van der Waals surface area contributed by atoms with Gasteiger partial charge in [0.15, 0.2) is 0 Å². The average Bonchev–Trinajstić information content (AvgIpc) is 1.89. The Morgan fingerprint density at radius 3 is 2.67 bits per heavy atom. The summed E-state index contributed by atoms with van der Waals surface area (Å²) >= 11 is 2.10. The molecule has 0 aromatic rings. The molecule has 0 aliphatic carbocycles. The Morgan fingerprint density at radius 1 is 1.42 bits per heavy atom. The van der Waals surface area contributed by atoms with Crippen LogP contribution in [0.3, 0.4) is 0 Å². The van der Waals surface area contributed by atoms with Gasteiger partial charge in [-0.05, 0) is 13.8 Å². The Bertz CT molecular complexity index is 166. The van der Waals surface area contributed by atoms with Gasteiger partial charge in [0, 0.05) is 42.7 Å². The molecule has 0 saturated carbocycles. The van der Waals surface area contributed by atoms with Crippen molar-refractivity contribution in [3.8, 4) is 0 Å². The van der Waals surface area contributed by atoms with Crippen LogP contribution in [0, 0.1) is 0 Å². The Hall–Kier alpha value is 0.270. The van der Waals surface area contributed by atoms with Crippen molar-refractivity contribution in [2.45, 2.75) is 25.4 Å². The van der Waals surface area contributed by atoms with Crippen LogP contribution in [0.4, 0.5) is 0 Å². The molecular formula is C9H18N2S. The largest absolute Gasteiger partial charge is 0.314 e. The highest BCUT2D eigenvalue weighted by molar-refractivity contribution is 7.99. The minimum Gasteiger partial charge on any atom is -0.314 e. The lowest BCUT2D eigenvalue weighted by Gasteiger charge is -2.50. The molecule has 0 aromatic carbocycles. The zero-order chi connectivity index (χ0) is 8.60. The molecule has 2 aliphatic heterocycles. The average molecular weight is 186 g/mol. The summed E-state index contributed by atoms with van der Waals surface area (Å²) in [6, 6.07) is 0.820. The Kier molecular flexibility index (Phi) is 2.36. The first-order chi connectivity index (χ1) is 5.70. The molecule has 0 atom stereocenters. The highest BCUT2D eigenvalue weighted by Gasteiger charge is 2.37. The van der Waals surface area contributed by atoms with E-state index in [0.29, 0.717) is 5.54 Å². The first-order valence-corrected chi connectivity index (χ1v) is 5.91. The quantitative estimate of drug-likeness (QED) is 0.652. The number of rotatable bonds is 1. The monoisotopic (exact) mass is 186 g/mol. The number of nitrogens with one attached hydrogen (secondary N) is 1. The topological polar surface area (TPSA) is 15.3 Å². The number of nitrogens with zero attached hydrogens (tertiary/aromatic N) is 1. The summed E-state index contributed by atoms with van der Waals surface area (Å²) in [5.41, 5.74) is 0.426. The first-order valence-electron chi connectivity index (χ1n) is 4.75. The molecule has 2 rings (SSSR count). The van der Waals surface area contributed by atoms with E-state index in [0.717, 1.165) is 6.04 Å². The van der Waals surface area contributed by atoms with E-state index in [4.69, 9.17) is 0 Å². The van der Waals surface area contributed by atoms with Gasteiger partial charge in [-0.15, -0.1) is 0 Å². The lowest BCUT2D eigenvalue weighted by Crippen LogP contribution is -2.65. The Balaban J connectivity index is 2.00. The van der Waals surface area contributed by atoms with Crippen LogP contribution in [-0.4, -0.2) is 47.6 Å². The highest BCUT2D eigenvalue weighted by atomic mass is 32.2. The van der Waals surface area contributed by atoms with Crippen molar-refractivity contribution in [2.75, 3.05) is 31.1 Å². The van der Waals surface area contributed by atoms with Gasteiger partial charge in [-0.2, -0.15) is 11.8 Å². The molecule has 0 radical (unpaired) electrons. The second kappa shape index (κ2) is 3.20. The Labute approximate surface area is 79.1 Å². The van der Waals surface area contributed by atoms with Crippen molar-refractivity contribution in [2.24, 2.45) is 0 Å². The lowest BCUT2D eigenvalue weighted by atomic mass is 9.99. The summed E-state index contributed by atoms with van der Waals surface area (Å²) in [7, 11) is 0. The third-order valence-corrected chi connectivity index (χ3v) is 4.29. The van der Waals surface area contributed by atoms with Gasteiger partial charge in [0.1, 0.15) is 0 Å². The number of hydrogen-bond acceptors (Lipinski definition) is 3. The van der Waals surface area contributed by atoms with Crippen LogP contribution in [0.15, 0.2) is 0 Å². The third kappa shape index (κ3) is 1.50. The van der Waals surface area contributed by atoms with Crippen molar-refractivity contribution in [3.63, 3.8) is 0 Å². The number of hydrogen-bond donors (Lipinski definition) is 1. The normalized spacial score (nSPS) is 31.5. The molecule has 2 heterocycles. The second-order valence-electron chi connectivity index (χ2n) is 4.37. The fourth-order valence-electron chi connectivity index (χ4n) is 2.04. The van der Waals surface area contributed by atoms with Gasteiger partial charge < -0.3 is 5.32 Å². The van der Waals surface area contributed by atoms with Crippen LogP contribution < -0.4 is 5.32 Å². The summed E-state index contributed by atoms with van der Waals surface area (Å²) in [6.07, 6.45) is 0. The Morgan fingerprint density at radius 2 is 2.17 bits per heavy atom. The molecule has 2 saturated heterocycles. The van der Waals surface area contributed by atoms with Gasteiger partial charge in [0.2, 0.25) is 0 Å². The van der Waals surface area contributed by atoms with E-state index in [9.17, 15) is 0 Å². The molecular weight excluding hydrogens is 168 g/mol. The van der Waals surface area contributed by atoms with E-state index in [-0.39, 0.29) is 0 Å². The van der Waals surface area contributed by atoms with Crippen molar-refractivity contribution < 1.29 is 0 Å². The van der Waals surface area contributed by atoms with E-state index in [1.807, 2.05) is 0 Å². The van der Waals surface area contributed by atoms with Gasteiger partial charge in [-0.1, -0.05) is 0 Å². The molecule has 0 unspecified atom stereocenters. The zero-order valence-corrected chi connectivity index (χ0v) is 8.78. The van der Waals surface area contributed by atoms with E-state index < -0.39 is 0 Å². The van der Waals surface area contributed by atoms with Crippen LogP contribution in [0.5, 0.6) is 0 Å². The maximum Gasteiger partial charge on any atom is 0.0351 e. The molecule has 0 spiro atoms. The van der Waals surface area contributed by atoms with Crippen LogP contribution in [0.2, 0.25) is 0 Å². The smallest absolute Gasteiger partial charge is 0.0351 e. The van der Waals surface area contributed by atoms with Crippen LogP contribution in [0.25, 0.3) is 0 Å². The molecule has 3 heteroatoms. The highest BCUT2D eigenvalue weighted by Crippen LogP contribution is 2.28. The fraction of sp³-hybridized carbons (Fsp3) is 1.00. The molecule has 12 heavy (non-hydrogen) atoms. The minimum atomic E-state index is 0.426. The summed E-state index contributed by atoms with van der Waals surface area (Å²) in [5, 5.41) is 3.35. The van der Waals surface area contributed by atoms with Crippen LogP contribution in [0.1, 0.15) is 13.8 Å². The van der Waals surface area contributed by atoms with Gasteiger partial charge >= 0.3 is 0 Å². The fourth-order valence-corrected chi connectivity index (χ4v) is 3.18. The first kappa shape index (κ1) is 8.85. The minimum absolute atomic E-state index is 0.426. The van der Waals surface area contributed by atoms with Gasteiger partial charge in [0.25, 0.3) is 0 Å². The van der Waals surface area contributed by atoms with E-state index >= 15 is 0 Å². The number of thioether (sulfide) groups is 1. The molecule has 0 amide bonds. The standard InChI is InChI=1S/C9H18N2S/c1-9(2)7-12-4-3-11(9)8-5-10-6-8/h8,10H,3-7H2,1-2H3. The summed E-state index contributed by atoms with van der Waals surface area (Å²) in [4.78, 5) is 2.68. The molecule has 70 valence electrons. The molecule has 2 nitrogen and oxygen atoms in total. The summed E-state index contributed by atoms with van der Waals surface area (Å²) < 4.78 is 0. The molecule has 2 aliphatic rings. The van der Waals surface area contributed by atoms with Gasteiger partial charge in [-0.3, -0.25) is 4.90 Å². The van der Waals surface area contributed by atoms with Gasteiger partial charge in [-0.25, -0.2) is 0 Å². The maximum atomic E-state index is 3.35. The second-order valence-corrected chi connectivity index (χ2v) is 5.48. The SMILES string of the molecule is CC1(C)CSCCN1C1CNC1. The van der Waals surface area contributed by atoms with Crippen molar-refractivity contribution in [1.29, 1.82) is 0 Å². The molecule has 1 N–H and O–H groups in total.